The zero-order valence-electron chi connectivity index (χ0n) is 11.0. The van der Waals surface area contributed by atoms with E-state index in [9.17, 15) is 0 Å². The topological polar surface area (TPSA) is 63.0 Å². The molecule has 19 heavy (non-hydrogen) atoms. The maximum atomic E-state index is 5.33. The molecule has 0 N–H and O–H groups in total. The van der Waals surface area contributed by atoms with Crippen molar-refractivity contribution in [1.29, 1.82) is 0 Å². The second-order valence-electron chi connectivity index (χ2n) is 3.59. The Morgan fingerprint density at radius 3 is 2.00 bits per heavy atom. The Morgan fingerprint density at radius 2 is 1.47 bits per heavy atom. The lowest BCUT2D eigenvalue weighted by atomic mass is 10.5. The summed E-state index contributed by atoms with van der Waals surface area (Å²) in [7, 11) is 0. The average molecular weight is 291 g/mol. The second-order valence-corrected chi connectivity index (χ2v) is 4.04. The van der Waals surface area contributed by atoms with Crippen molar-refractivity contribution in [3.8, 4) is 0 Å². The molecule has 1 rings (SSSR count). The van der Waals surface area contributed by atoms with Gasteiger partial charge in [0.2, 0.25) is 0 Å². The van der Waals surface area contributed by atoms with Crippen LogP contribution in [0.25, 0.3) is 0 Å². The van der Waals surface area contributed by atoms with Crippen LogP contribution in [0.15, 0.2) is 16.8 Å². The van der Waals surface area contributed by atoms with Crippen LogP contribution in [-0.2, 0) is 25.6 Å². The molecule has 0 spiro atoms. The van der Waals surface area contributed by atoms with E-state index in [1.54, 1.807) is 12.3 Å². The predicted molar refractivity (Wildman–Crippen MR) is 72.5 cm³/mol. The summed E-state index contributed by atoms with van der Waals surface area (Å²) >= 11 is 4.03. The van der Waals surface area contributed by atoms with Crippen LogP contribution >= 0.6 is 12.6 Å². The molecule has 6 nitrogen and oxygen atoms in total. The van der Waals surface area contributed by atoms with Gasteiger partial charge in [-0.25, -0.2) is 0 Å². The molecule has 0 aliphatic rings. The molecule has 1 heterocycles. The summed E-state index contributed by atoms with van der Waals surface area (Å²) in [4.78, 5) is 0. The SMILES string of the molecule is SCCOCCOCCOCCOCc1ccno1. The van der Waals surface area contributed by atoms with E-state index in [-0.39, 0.29) is 0 Å². The van der Waals surface area contributed by atoms with Crippen molar-refractivity contribution < 1.29 is 23.5 Å². The first-order valence-corrected chi connectivity index (χ1v) is 6.88. The number of rotatable bonds is 13. The van der Waals surface area contributed by atoms with Crippen LogP contribution in [0.3, 0.4) is 0 Å². The summed E-state index contributed by atoms with van der Waals surface area (Å²) < 4.78 is 26.0. The van der Waals surface area contributed by atoms with Crippen LogP contribution in [0.5, 0.6) is 0 Å². The lowest BCUT2D eigenvalue weighted by Crippen LogP contribution is -2.12. The molecule has 0 bridgehead atoms. The van der Waals surface area contributed by atoms with Crippen molar-refractivity contribution >= 4 is 12.6 Å². The first-order chi connectivity index (χ1) is 9.43. The van der Waals surface area contributed by atoms with Gasteiger partial charge in [0.15, 0.2) is 5.76 Å². The van der Waals surface area contributed by atoms with Crippen molar-refractivity contribution in [2.24, 2.45) is 0 Å². The first kappa shape index (κ1) is 16.5. The van der Waals surface area contributed by atoms with E-state index in [0.717, 1.165) is 5.75 Å². The zero-order valence-corrected chi connectivity index (χ0v) is 11.8. The van der Waals surface area contributed by atoms with Gasteiger partial charge in [0, 0.05) is 11.8 Å². The van der Waals surface area contributed by atoms with Gasteiger partial charge in [-0.2, -0.15) is 12.6 Å². The molecule has 0 amide bonds. The lowest BCUT2D eigenvalue weighted by Gasteiger charge is -2.06. The molecule has 7 heteroatoms. The third-order valence-electron chi connectivity index (χ3n) is 2.09. The van der Waals surface area contributed by atoms with Crippen LogP contribution in [0, 0.1) is 0 Å². The molecule has 0 fully saturated rings. The van der Waals surface area contributed by atoms with Gasteiger partial charge in [-0.05, 0) is 0 Å². The maximum Gasteiger partial charge on any atom is 0.162 e. The highest BCUT2D eigenvalue weighted by atomic mass is 32.1. The Bertz CT molecular complexity index is 284. The van der Waals surface area contributed by atoms with Gasteiger partial charge in [0.1, 0.15) is 6.61 Å². The van der Waals surface area contributed by atoms with Crippen LogP contribution in [0.4, 0.5) is 0 Å². The minimum absolute atomic E-state index is 0.419. The molecule has 0 unspecified atom stereocenters. The summed E-state index contributed by atoms with van der Waals surface area (Å²) in [5.74, 6) is 1.45. The minimum Gasteiger partial charge on any atom is -0.378 e. The van der Waals surface area contributed by atoms with E-state index in [0.29, 0.717) is 58.6 Å². The largest absolute Gasteiger partial charge is 0.378 e. The quantitative estimate of drug-likeness (QED) is 0.435. The third kappa shape index (κ3) is 9.92. The number of aromatic nitrogens is 1. The molecule has 1 aromatic rings. The zero-order chi connectivity index (χ0) is 13.6. The van der Waals surface area contributed by atoms with Gasteiger partial charge in [0.25, 0.3) is 0 Å². The monoisotopic (exact) mass is 291 g/mol. The summed E-state index contributed by atoms with van der Waals surface area (Å²) in [5.41, 5.74) is 0. The molecule has 0 radical (unpaired) electrons. The van der Waals surface area contributed by atoms with Crippen molar-refractivity contribution in [3.63, 3.8) is 0 Å². The third-order valence-corrected chi connectivity index (χ3v) is 2.27. The normalized spacial score (nSPS) is 11.0. The minimum atomic E-state index is 0.419. The number of ether oxygens (including phenoxy) is 4. The van der Waals surface area contributed by atoms with E-state index in [2.05, 4.69) is 17.8 Å². The molecule has 0 aliphatic carbocycles. The molecular formula is C12H21NO5S. The van der Waals surface area contributed by atoms with Crippen molar-refractivity contribution in [3.05, 3.63) is 18.0 Å². The van der Waals surface area contributed by atoms with Gasteiger partial charge in [-0.1, -0.05) is 5.16 Å². The van der Waals surface area contributed by atoms with E-state index < -0.39 is 0 Å². The molecule has 1 aromatic heterocycles. The number of nitrogens with zero attached hydrogens (tertiary/aromatic N) is 1. The lowest BCUT2D eigenvalue weighted by molar-refractivity contribution is -0.00497. The highest BCUT2D eigenvalue weighted by molar-refractivity contribution is 7.80. The van der Waals surface area contributed by atoms with Gasteiger partial charge >= 0.3 is 0 Å². The van der Waals surface area contributed by atoms with Gasteiger partial charge in [0.05, 0.1) is 52.4 Å². The molecule has 0 saturated heterocycles. The fraction of sp³-hybridized carbons (Fsp3) is 0.750. The van der Waals surface area contributed by atoms with Crippen LogP contribution in [-0.4, -0.2) is 57.2 Å². The summed E-state index contributed by atoms with van der Waals surface area (Å²) in [6, 6.07) is 1.77. The maximum absolute atomic E-state index is 5.33. The van der Waals surface area contributed by atoms with E-state index in [1.165, 1.54) is 0 Å². The van der Waals surface area contributed by atoms with E-state index >= 15 is 0 Å². The Balaban J connectivity index is 1.72. The fourth-order valence-corrected chi connectivity index (χ4v) is 1.34. The van der Waals surface area contributed by atoms with Crippen LogP contribution in [0.1, 0.15) is 5.76 Å². The smallest absolute Gasteiger partial charge is 0.162 e. The van der Waals surface area contributed by atoms with Crippen LogP contribution in [0.2, 0.25) is 0 Å². The Morgan fingerprint density at radius 1 is 0.895 bits per heavy atom. The predicted octanol–water partition coefficient (Wildman–Crippen LogP) is 1.17. The first-order valence-electron chi connectivity index (χ1n) is 6.25. The van der Waals surface area contributed by atoms with Gasteiger partial charge in [-0.3, -0.25) is 0 Å². The highest BCUT2D eigenvalue weighted by Gasteiger charge is 1.96. The number of hydrogen-bond donors (Lipinski definition) is 1. The molecule has 110 valence electrons. The summed E-state index contributed by atoms with van der Waals surface area (Å²) in [5, 5.41) is 3.58. The van der Waals surface area contributed by atoms with Gasteiger partial charge < -0.3 is 23.5 Å². The molecule has 0 aliphatic heterocycles. The fourth-order valence-electron chi connectivity index (χ4n) is 1.21. The highest BCUT2D eigenvalue weighted by Crippen LogP contribution is 1.98. The Labute approximate surface area is 118 Å². The second kappa shape index (κ2) is 12.4. The molecule has 0 saturated carbocycles. The van der Waals surface area contributed by atoms with Crippen LogP contribution < -0.4 is 0 Å². The number of thiol groups is 1. The van der Waals surface area contributed by atoms with E-state index in [4.69, 9.17) is 23.5 Å². The van der Waals surface area contributed by atoms with Crippen molar-refractivity contribution in [2.45, 2.75) is 6.61 Å². The Hall–Kier alpha value is -0.600. The molecular weight excluding hydrogens is 270 g/mol. The molecule has 0 aromatic carbocycles. The van der Waals surface area contributed by atoms with Crippen molar-refractivity contribution in [2.75, 3.05) is 52.0 Å². The standard InChI is InChI=1S/C12H21NO5S/c19-10-9-16-6-5-14-3-4-15-7-8-17-11-12-1-2-13-18-12/h1-2,19H,3-11H2. The molecule has 0 atom stereocenters. The number of hydrogen-bond acceptors (Lipinski definition) is 7. The summed E-state index contributed by atoms with van der Waals surface area (Å²) in [6.45, 7) is 4.43. The summed E-state index contributed by atoms with van der Waals surface area (Å²) in [6.07, 6.45) is 1.59. The Kier molecular flexibility index (Phi) is 10.8. The average Bonchev–Trinajstić information content (AvgIpc) is 2.93. The van der Waals surface area contributed by atoms with E-state index in [1.807, 2.05) is 0 Å². The van der Waals surface area contributed by atoms with Crippen molar-refractivity contribution in [1.82, 2.24) is 5.16 Å². The van der Waals surface area contributed by atoms with Gasteiger partial charge in [-0.15, -0.1) is 0 Å².